The second-order valence-corrected chi connectivity index (χ2v) is 5.68. The first-order valence-corrected chi connectivity index (χ1v) is 7.81. The first-order chi connectivity index (χ1) is 12.0. The van der Waals surface area contributed by atoms with Crippen molar-refractivity contribution in [2.24, 2.45) is 7.05 Å². The molecule has 0 aliphatic heterocycles. The lowest BCUT2D eigenvalue weighted by atomic mass is 10.2. The van der Waals surface area contributed by atoms with Crippen LogP contribution in [-0.4, -0.2) is 21.6 Å². The van der Waals surface area contributed by atoms with Crippen LogP contribution in [0, 0.1) is 6.92 Å². The normalized spacial score (nSPS) is 10.3. The van der Waals surface area contributed by atoms with Crippen molar-refractivity contribution in [2.75, 3.05) is 10.6 Å². The predicted molar refractivity (Wildman–Crippen MR) is 96.7 cm³/mol. The molecule has 0 aliphatic rings. The van der Waals surface area contributed by atoms with Gasteiger partial charge in [-0.2, -0.15) is 5.10 Å². The Labute approximate surface area is 145 Å². The van der Waals surface area contributed by atoms with Crippen LogP contribution in [0.1, 0.15) is 26.4 Å². The molecule has 2 N–H and O–H groups in total. The molecule has 126 valence electrons. The highest BCUT2D eigenvalue weighted by atomic mass is 16.2. The van der Waals surface area contributed by atoms with E-state index < -0.39 is 0 Å². The number of rotatable bonds is 4. The molecule has 0 spiro atoms. The maximum Gasteiger partial charge on any atom is 0.276 e. The molecule has 1 heterocycles. The number of carbonyl (C=O) groups excluding carboxylic acids is 2. The van der Waals surface area contributed by atoms with Crippen LogP contribution in [0.3, 0.4) is 0 Å². The maximum absolute atomic E-state index is 12.3. The Kier molecular flexibility index (Phi) is 4.61. The van der Waals surface area contributed by atoms with E-state index in [0.717, 1.165) is 5.56 Å². The van der Waals surface area contributed by atoms with Crippen LogP contribution in [0.5, 0.6) is 0 Å². The third-order valence-corrected chi connectivity index (χ3v) is 3.70. The quantitative estimate of drug-likeness (QED) is 0.769. The van der Waals surface area contributed by atoms with Crippen molar-refractivity contribution in [3.63, 3.8) is 0 Å². The minimum Gasteiger partial charge on any atom is -0.321 e. The van der Waals surface area contributed by atoms with E-state index in [4.69, 9.17) is 0 Å². The predicted octanol–water partition coefficient (Wildman–Crippen LogP) is 3.23. The highest BCUT2D eigenvalue weighted by Gasteiger charge is 2.15. The van der Waals surface area contributed by atoms with Crippen molar-refractivity contribution in [3.05, 3.63) is 77.5 Å². The first-order valence-electron chi connectivity index (χ1n) is 7.81. The lowest BCUT2D eigenvalue weighted by Gasteiger charge is -2.04. The molecule has 2 amide bonds. The summed E-state index contributed by atoms with van der Waals surface area (Å²) >= 11 is 0. The van der Waals surface area contributed by atoms with Crippen molar-refractivity contribution < 1.29 is 9.59 Å². The molecule has 0 saturated heterocycles. The van der Waals surface area contributed by atoms with Gasteiger partial charge in [-0.25, -0.2) is 0 Å². The van der Waals surface area contributed by atoms with Gasteiger partial charge in [0, 0.05) is 24.4 Å². The summed E-state index contributed by atoms with van der Waals surface area (Å²) in [5.41, 5.74) is 2.57. The van der Waals surface area contributed by atoms with Gasteiger partial charge < -0.3 is 10.6 Å². The van der Waals surface area contributed by atoms with Gasteiger partial charge in [-0.05, 0) is 31.2 Å². The smallest absolute Gasteiger partial charge is 0.276 e. The van der Waals surface area contributed by atoms with Crippen molar-refractivity contribution in [1.29, 1.82) is 0 Å². The van der Waals surface area contributed by atoms with E-state index in [-0.39, 0.29) is 17.5 Å². The summed E-state index contributed by atoms with van der Waals surface area (Å²) in [6.07, 6.45) is 0. The summed E-state index contributed by atoms with van der Waals surface area (Å²) in [5, 5.41) is 9.70. The zero-order valence-electron chi connectivity index (χ0n) is 14.0. The van der Waals surface area contributed by atoms with E-state index in [1.54, 1.807) is 37.4 Å². The van der Waals surface area contributed by atoms with Gasteiger partial charge in [0.2, 0.25) is 0 Å². The summed E-state index contributed by atoms with van der Waals surface area (Å²) in [6.45, 7) is 1.98. The molecule has 0 bridgehead atoms. The standard InChI is InChI=1S/C19H18N4O2/c1-13-8-10-15(11-9-13)20-19(25)16-12-17(23(2)22-16)21-18(24)14-6-4-3-5-7-14/h3-12H,1-2H3,(H,20,25)(H,21,24). The van der Waals surface area contributed by atoms with Gasteiger partial charge in [-0.1, -0.05) is 35.9 Å². The number of nitrogens with zero attached hydrogens (tertiary/aromatic N) is 2. The Bertz CT molecular complexity index is 899. The number of nitrogens with one attached hydrogen (secondary N) is 2. The number of benzene rings is 2. The van der Waals surface area contributed by atoms with Crippen LogP contribution in [0.4, 0.5) is 11.5 Å². The van der Waals surface area contributed by atoms with Crippen molar-refractivity contribution >= 4 is 23.3 Å². The topological polar surface area (TPSA) is 76.0 Å². The van der Waals surface area contributed by atoms with Gasteiger partial charge in [0.1, 0.15) is 5.82 Å². The van der Waals surface area contributed by atoms with Gasteiger partial charge in [0.05, 0.1) is 0 Å². The van der Waals surface area contributed by atoms with Crippen molar-refractivity contribution in [1.82, 2.24) is 9.78 Å². The van der Waals surface area contributed by atoms with Crippen LogP contribution in [0.2, 0.25) is 0 Å². The second kappa shape index (κ2) is 7.00. The van der Waals surface area contributed by atoms with Crippen LogP contribution in [0.25, 0.3) is 0 Å². The molecule has 0 atom stereocenters. The van der Waals surface area contributed by atoms with Crippen molar-refractivity contribution in [2.45, 2.75) is 6.92 Å². The zero-order valence-corrected chi connectivity index (χ0v) is 14.0. The average Bonchev–Trinajstić information content (AvgIpc) is 2.98. The molecule has 6 nitrogen and oxygen atoms in total. The highest BCUT2D eigenvalue weighted by Crippen LogP contribution is 2.14. The Balaban J connectivity index is 1.72. The molecule has 2 aromatic carbocycles. The van der Waals surface area contributed by atoms with E-state index in [0.29, 0.717) is 17.1 Å². The fourth-order valence-electron chi connectivity index (χ4n) is 2.31. The molecule has 3 aromatic rings. The highest BCUT2D eigenvalue weighted by molar-refractivity contribution is 6.06. The first kappa shape index (κ1) is 16.4. The number of aryl methyl sites for hydroxylation is 2. The monoisotopic (exact) mass is 334 g/mol. The van der Waals surface area contributed by atoms with E-state index in [1.807, 2.05) is 37.3 Å². The van der Waals surface area contributed by atoms with E-state index in [9.17, 15) is 9.59 Å². The Morgan fingerprint density at radius 1 is 0.920 bits per heavy atom. The number of carbonyl (C=O) groups is 2. The molecule has 1 aromatic heterocycles. The van der Waals surface area contributed by atoms with Gasteiger partial charge in [-0.15, -0.1) is 0 Å². The summed E-state index contributed by atoms with van der Waals surface area (Å²) in [6, 6.07) is 17.9. The molecular formula is C19H18N4O2. The van der Waals surface area contributed by atoms with Crippen molar-refractivity contribution in [3.8, 4) is 0 Å². The van der Waals surface area contributed by atoms with Crippen LogP contribution < -0.4 is 10.6 Å². The Hall–Kier alpha value is -3.41. The summed E-state index contributed by atoms with van der Waals surface area (Å²) in [5.74, 6) is -0.142. The molecule has 0 radical (unpaired) electrons. The molecular weight excluding hydrogens is 316 g/mol. The number of hydrogen-bond acceptors (Lipinski definition) is 3. The molecule has 0 saturated carbocycles. The zero-order chi connectivity index (χ0) is 17.8. The Morgan fingerprint density at radius 3 is 2.28 bits per heavy atom. The maximum atomic E-state index is 12.3. The third-order valence-electron chi connectivity index (χ3n) is 3.70. The largest absolute Gasteiger partial charge is 0.321 e. The molecule has 3 rings (SSSR count). The van der Waals surface area contributed by atoms with Crippen LogP contribution >= 0.6 is 0 Å². The summed E-state index contributed by atoms with van der Waals surface area (Å²) in [4.78, 5) is 24.5. The van der Waals surface area contributed by atoms with E-state index in [2.05, 4.69) is 15.7 Å². The number of hydrogen-bond donors (Lipinski definition) is 2. The summed E-state index contributed by atoms with van der Waals surface area (Å²) < 4.78 is 1.46. The lowest BCUT2D eigenvalue weighted by Crippen LogP contribution is -2.14. The molecule has 0 unspecified atom stereocenters. The van der Waals surface area contributed by atoms with Gasteiger partial charge in [-0.3, -0.25) is 14.3 Å². The fraction of sp³-hybridized carbons (Fsp3) is 0.105. The summed E-state index contributed by atoms with van der Waals surface area (Å²) in [7, 11) is 1.67. The van der Waals surface area contributed by atoms with Crippen LogP contribution in [-0.2, 0) is 7.05 Å². The number of aromatic nitrogens is 2. The SMILES string of the molecule is Cc1ccc(NC(=O)c2cc(NC(=O)c3ccccc3)n(C)n2)cc1. The Morgan fingerprint density at radius 2 is 1.60 bits per heavy atom. The number of amides is 2. The molecule has 0 fully saturated rings. The molecule has 0 aliphatic carbocycles. The minimum atomic E-state index is -0.334. The second-order valence-electron chi connectivity index (χ2n) is 5.68. The van der Waals surface area contributed by atoms with Crippen LogP contribution in [0.15, 0.2) is 60.7 Å². The van der Waals surface area contributed by atoms with Gasteiger partial charge >= 0.3 is 0 Å². The van der Waals surface area contributed by atoms with E-state index in [1.165, 1.54) is 4.68 Å². The third kappa shape index (κ3) is 3.92. The average molecular weight is 334 g/mol. The lowest BCUT2D eigenvalue weighted by molar-refractivity contribution is 0.101. The van der Waals surface area contributed by atoms with E-state index >= 15 is 0 Å². The van der Waals surface area contributed by atoms with Gasteiger partial charge in [0.25, 0.3) is 11.8 Å². The molecule has 25 heavy (non-hydrogen) atoms. The fourth-order valence-corrected chi connectivity index (χ4v) is 2.31. The van der Waals surface area contributed by atoms with Gasteiger partial charge in [0.15, 0.2) is 5.69 Å². The molecule has 6 heteroatoms. The number of anilines is 2. The minimum absolute atomic E-state index is 0.228.